The van der Waals surface area contributed by atoms with Crippen LogP contribution in [0.3, 0.4) is 0 Å². The highest BCUT2D eigenvalue weighted by molar-refractivity contribution is 5.46. The van der Waals surface area contributed by atoms with E-state index in [9.17, 15) is 0 Å². The summed E-state index contributed by atoms with van der Waals surface area (Å²) in [5.74, 6) is 1.14. The number of hydrogen-bond acceptors (Lipinski definition) is 6. The van der Waals surface area contributed by atoms with Crippen molar-refractivity contribution in [1.29, 1.82) is 0 Å². The summed E-state index contributed by atoms with van der Waals surface area (Å²) in [6, 6.07) is 3.61. The number of likely N-dealkylation sites (N-methyl/N-ethyl adjacent to an activating group) is 1. The van der Waals surface area contributed by atoms with Crippen LogP contribution in [-0.4, -0.2) is 44.9 Å². The van der Waals surface area contributed by atoms with Crippen molar-refractivity contribution in [2.24, 2.45) is 0 Å². The molecular formula is C12H17N5O. The van der Waals surface area contributed by atoms with Crippen molar-refractivity contribution in [1.82, 2.24) is 25.2 Å². The first-order chi connectivity index (χ1) is 8.83. The van der Waals surface area contributed by atoms with E-state index in [-0.39, 0.29) is 0 Å². The fourth-order valence-corrected chi connectivity index (χ4v) is 1.67. The van der Waals surface area contributed by atoms with Crippen LogP contribution in [0.2, 0.25) is 0 Å². The predicted octanol–water partition coefficient (Wildman–Crippen LogP) is 1.41. The molecule has 96 valence electrons. The highest BCUT2D eigenvalue weighted by Gasteiger charge is 2.10. The van der Waals surface area contributed by atoms with E-state index in [1.54, 1.807) is 12.3 Å². The van der Waals surface area contributed by atoms with Crippen molar-refractivity contribution in [3.63, 3.8) is 0 Å². The van der Waals surface area contributed by atoms with Gasteiger partial charge in [0.25, 0.3) is 0 Å². The number of rotatable bonds is 6. The zero-order valence-electron chi connectivity index (χ0n) is 10.7. The molecule has 0 aliphatic rings. The molecule has 2 aromatic heterocycles. The minimum Gasteiger partial charge on any atom is -0.339 e. The smallest absolute Gasteiger partial charge is 0.228 e. The monoisotopic (exact) mass is 247 g/mol. The summed E-state index contributed by atoms with van der Waals surface area (Å²) in [6.45, 7) is 7.27. The van der Waals surface area contributed by atoms with E-state index < -0.39 is 0 Å². The molecule has 0 aliphatic heterocycles. The van der Waals surface area contributed by atoms with E-state index in [2.05, 4.69) is 39.1 Å². The standard InChI is InChI=1S/C12H17N5O/c1-3-17(4-2)9-7-11-14-12(16-18-11)10-6-5-8-13-15-10/h5-6,8H,3-4,7,9H2,1-2H3. The van der Waals surface area contributed by atoms with Crippen molar-refractivity contribution < 1.29 is 4.52 Å². The van der Waals surface area contributed by atoms with E-state index in [0.717, 1.165) is 26.1 Å². The molecule has 0 fully saturated rings. The number of nitrogens with zero attached hydrogens (tertiary/aromatic N) is 5. The van der Waals surface area contributed by atoms with Crippen molar-refractivity contribution in [3.8, 4) is 11.5 Å². The van der Waals surface area contributed by atoms with Crippen LogP contribution in [0.1, 0.15) is 19.7 Å². The van der Waals surface area contributed by atoms with Gasteiger partial charge in [-0.1, -0.05) is 19.0 Å². The molecule has 0 aliphatic carbocycles. The molecule has 6 nitrogen and oxygen atoms in total. The summed E-state index contributed by atoms with van der Waals surface area (Å²) < 4.78 is 5.20. The molecule has 6 heteroatoms. The first-order valence-electron chi connectivity index (χ1n) is 6.16. The van der Waals surface area contributed by atoms with Gasteiger partial charge in [0.15, 0.2) is 0 Å². The van der Waals surface area contributed by atoms with Crippen molar-refractivity contribution >= 4 is 0 Å². The minimum absolute atomic E-state index is 0.498. The summed E-state index contributed by atoms with van der Waals surface area (Å²) in [4.78, 5) is 6.63. The van der Waals surface area contributed by atoms with Gasteiger partial charge in [0, 0.05) is 19.2 Å². The lowest BCUT2D eigenvalue weighted by Gasteiger charge is -2.15. The van der Waals surface area contributed by atoms with Gasteiger partial charge in [-0.05, 0) is 25.2 Å². The Morgan fingerprint density at radius 2 is 2.11 bits per heavy atom. The Bertz CT molecular complexity index is 466. The van der Waals surface area contributed by atoms with Gasteiger partial charge in [0.1, 0.15) is 5.69 Å². The molecule has 0 bridgehead atoms. The Balaban J connectivity index is 1.98. The molecule has 0 amide bonds. The molecule has 2 aromatic rings. The maximum Gasteiger partial charge on any atom is 0.228 e. The van der Waals surface area contributed by atoms with E-state index in [1.807, 2.05) is 6.07 Å². The average Bonchev–Trinajstić information content (AvgIpc) is 2.90. The Hall–Kier alpha value is -1.82. The molecule has 18 heavy (non-hydrogen) atoms. The highest BCUT2D eigenvalue weighted by atomic mass is 16.5. The molecule has 2 heterocycles. The molecule has 0 saturated heterocycles. The van der Waals surface area contributed by atoms with Gasteiger partial charge in [-0.2, -0.15) is 10.1 Å². The lowest BCUT2D eigenvalue weighted by Crippen LogP contribution is -2.25. The van der Waals surface area contributed by atoms with Crippen LogP contribution in [0.25, 0.3) is 11.5 Å². The maximum atomic E-state index is 5.20. The van der Waals surface area contributed by atoms with E-state index >= 15 is 0 Å². The Labute approximate surface area is 106 Å². The summed E-state index contributed by atoms with van der Waals surface area (Å²) in [6.07, 6.45) is 2.37. The third kappa shape index (κ3) is 3.10. The van der Waals surface area contributed by atoms with Gasteiger partial charge in [0.05, 0.1) is 0 Å². The van der Waals surface area contributed by atoms with Crippen LogP contribution in [0, 0.1) is 0 Å². The Kier molecular flexibility index (Phi) is 4.35. The summed E-state index contributed by atoms with van der Waals surface area (Å²) >= 11 is 0. The number of hydrogen-bond donors (Lipinski definition) is 0. The summed E-state index contributed by atoms with van der Waals surface area (Å²) in [5, 5.41) is 11.6. The Morgan fingerprint density at radius 3 is 2.78 bits per heavy atom. The van der Waals surface area contributed by atoms with Crippen LogP contribution in [0.5, 0.6) is 0 Å². The molecule has 0 aromatic carbocycles. The lowest BCUT2D eigenvalue weighted by molar-refractivity contribution is 0.287. The molecule has 0 radical (unpaired) electrons. The second kappa shape index (κ2) is 6.20. The zero-order chi connectivity index (χ0) is 12.8. The summed E-state index contributed by atoms with van der Waals surface area (Å²) in [7, 11) is 0. The van der Waals surface area contributed by atoms with Crippen LogP contribution in [0.15, 0.2) is 22.9 Å². The normalized spacial score (nSPS) is 11.1. The first-order valence-corrected chi connectivity index (χ1v) is 6.16. The fourth-order valence-electron chi connectivity index (χ4n) is 1.67. The first kappa shape index (κ1) is 12.6. The van der Waals surface area contributed by atoms with Crippen LogP contribution >= 0.6 is 0 Å². The fraction of sp³-hybridized carbons (Fsp3) is 0.500. The summed E-state index contributed by atoms with van der Waals surface area (Å²) in [5.41, 5.74) is 0.635. The van der Waals surface area contributed by atoms with Crippen molar-refractivity contribution in [2.75, 3.05) is 19.6 Å². The van der Waals surface area contributed by atoms with E-state index in [0.29, 0.717) is 17.4 Å². The highest BCUT2D eigenvalue weighted by Crippen LogP contribution is 2.11. The molecule has 0 unspecified atom stereocenters. The van der Waals surface area contributed by atoms with Gasteiger partial charge in [0.2, 0.25) is 11.7 Å². The molecule has 0 saturated carbocycles. The van der Waals surface area contributed by atoms with Crippen LogP contribution in [0.4, 0.5) is 0 Å². The van der Waals surface area contributed by atoms with E-state index in [4.69, 9.17) is 4.52 Å². The lowest BCUT2D eigenvalue weighted by atomic mass is 10.3. The van der Waals surface area contributed by atoms with Crippen molar-refractivity contribution in [2.45, 2.75) is 20.3 Å². The number of aromatic nitrogens is 4. The predicted molar refractivity (Wildman–Crippen MR) is 66.8 cm³/mol. The van der Waals surface area contributed by atoms with Crippen molar-refractivity contribution in [3.05, 3.63) is 24.2 Å². The van der Waals surface area contributed by atoms with Gasteiger partial charge in [-0.25, -0.2) is 0 Å². The third-order valence-electron chi connectivity index (χ3n) is 2.81. The van der Waals surface area contributed by atoms with Gasteiger partial charge in [-0.15, -0.1) is 5.10 Å². The minimum atomic E-state index is 0.498. The largest absolute Gasteiger partial charge is 0.339 e. The quantitative estimate of drug-likeness (QED) is 0.768. The molecular weight excluding hydrogens is 230 g/mol. The van der Waals surface area contributed by atoms with Gasteiger partial charge < -0.3 is 9.42 Å². The topological polar surface area (TPSA) is 67.9 Å². The Morgan fingerprint density at radius 1 is 1.28 bits per heavy atom. The third-order valence-corrected chi connectivity index (χ3v) is 2.81. The second-order valence-electron chi connectivity index (χ2n) is 3.90. The molecule has 0 N–H and O–H groups in total. The zero-order valence-corrected chi connectivity index (χ0v) is 10.7. The SMILES string of the molecule is CCN(CC)CCc1nc(-c2cccnn2)no1. The van der Waals surface area contributed by atoms with Gasteiger partial charge >= 0.3 is 0 Å². The van der Waals surface area contributed by atoms with E-state index in [1.165, 1.54) is 0 Å². The van der Waals surface area contributed by atoms with Crippen LogP contribution < -0.4 is 0 Å². The molecule has 2 rings (SSSR count). The molecule has 0 spiro atoms. The van der Waals surface area contributed by atoms with Gasteiger partial charge in [-0.3, -0.25) is 0 Å². The molecule has 0 atom stereocenters. The second-order valence-corrected chi connectivity index (χ2v) is 3.90. The average molecular weight is 247 g/mol. The van der Waals surface area contributed by atoms with Crippen LogP contribution in [-0.2, 0) is 6.42 Å². The maximum absolute atomic E-state index is 5.20.